The number of thioether (sulfide) groups is 1. The first-order valence-electron chi connectivity index (χ1n) is 9.66. The lowest BCUT2D eigenvalue weighted by atomic mass is 10.1. The number of hydrogen-bond acceptors (Lipinski definition) is 6. The van der Waals surface area contributed by atoms with E-state index in [1.165, 1.54) is 0 Å². The summed E-state index contributed by atoms with van der Waals surface area (Å²) < 4.78 is 16.5. The predicted molar refractivity (Wildman–Crippen MR) is 115 cm³/mol. The first-order valence-corrected chi connectivity index (χ1v) is 10.7. The van der Waals surface area contributed by atoms with Crippen LogP contribution in [0.3, 0.4) is 0 Å². The zero-order valence-corrected chi connectivity index (χ0v) is 17.3. The van der Waals surface area contributed by atoms with Crippen LogP contribution in [0.4, 0.5) is 5.69 Å². The molecule has 0 saturated carbocycles. The number of benzene rings is 2. The summed E-state index contributed by atoms with van der Waals surface area (Å²) in [6.45, 7) is 3.49. The van der Waals surface area contributed by atoms with Crippen LogP contribution in [-0.2, 0) is 9.53 Å². The van der Waals surface area contributed by atoms with Gasteiger partial charge in [0.1, 0.15) is 13.2 Å². The molecule has 7 nitrogen and oxygen atoms in total. The number of ether oxygens (including phenoxy) is 3. The molecule has 0 fully saturated rings. The normalized spacial score (nSPS) is 16.0. The lowest BCUT2D eigenvalue weighted by Gasteiger charge is -2.21. The summed E-state index contributed by atoms with van der Waals surface area (Å²) in [4.78, 5) is 24.8. The molecule has 2 N–H and O–H groups in total. The van der Waals surface area contributed by atoms with Gasteiger partial charge in [-0.05, 0) is 48.9 Å². The third-order valence-corrected chi connectivity index (χ3v) is 5.47. The molecule has 0 spiro atoms. The molecule has 2 amide bonds. The van der Waals surface area contributed by atoms with Gasteiger partial charge in [0, 0.05) is 22.4 Å². The molecule has 0 saturated heterocycles. The van der Waals surface area contributed by atoms with Crippen LogP contribution in [0.1, 0.15) is 28.9 Å². The summed E-state index contributed by atoms with van der Waals surface area (Å²) in [6.07, 6.45) is 0. The van der Waals surface area contributed by atoms with Gasteiger partial charge in [-0.3, -0.25) is 9.59 Å². The van der Waals surface area contributed by atoms with Gasteiger partial charge in [-0.25, -0.2) is 0 Å². The maximum atomic E-state index is 12.6. The minimum atomic E-state index is -0.299. The van der Waals surface area contributed by atoms with E-state index in [9.17, 15) is 9.59 Å². The van der Waals surface area contributed by atoms with Gasteiger partial charge in [-0.15, -0.1) is 11.8 Å². The number of anilines is 1. The van der Waals surface area contributed by atoms with Crippen LogP contribution in [0.2, 0.25) is 0 Å². The number of hydrogen-bond donors (Lipinski definition) is 2. The van der Waals surface area contributed by atoms with Crippen LogP contribution in [-0.4, -0.2) is 37.4 Å². The molecule has 8 heteroatoms. The Bertz CT molecular complexity index is 974. The molecule has 2 heterocycles. The van der Waals surface area contributed by atoms with Gasteiger partial charge in [-0.1, -0.05) is 6.07 Å². The smallest absolute Gasteiger partial charge is 0.291 e. The second-order valence-corrected chi connectivity index (χ2v) is 7.81. The number of carbonyl (C=O) groups is 2. The highest BCUT2D eigenvalue weighted by atomic mass is 32.2. The lowest BCUT2D eigenvalue weighted by Crippen LogP contribution is -2.27. The fraction of sp³-hybridized carbons (Fsp3) is 0.273. The van der Waals surface area contributed by atoms with Crippen molar-refractivity contribution in [2.24, 2.45) is 0 Å². The molecular formula is C22H22N2O5S. The van der Waals surface area contributed by atoms with Crippen molar-refractivity contribution < 1.29 is 23.8 Å². The number of fused-ring (bicyclic) bond motifs is 1. The molecule has 2 aromatic carbocycles. The molecule has 4 rings (SSSR count). The molecular weight excluding hydrogens is 404 g/mol. The van der Waals surface area contributed by atoms with E-state index >= 15 is 0 Å². The molecule has 2 aromatic rings. The van der Waals surface area contributed by atoms with Gasteiger partial charge in [0.15, 0.2) is 17.3 Å². The lowest BCUT2D eigenvalue weighted by molar-refractivity contribution is -0.116. The molecule has 2 aliphatic rings. The largest absolute Gasteiger partial charge is 0.487 e. The van der Waals surface area contributed by atoms with Crippen molar-refractivity contribution in [3.8, 4) is 11.5 Å². The van der Waals surface area contributed by atoms with E-state index in [2.05, 4.69) is 10.6 Å². The Kier molecular flexibility index (Phi) is 6.13. The second kappa shape index (κ2) is 9.13. The number of carbonyl (C=O) groups excluding carboxylic acids is 2. The number of amides is 2. The summed E-state index contributed by atoms with van der Waals surface area (Å²) in [6, 6.07) is 12.2. The zero-order chi connectivity index (χ0) is 20.9. The summed E-state index contributed by atoms with van der Waals surface area (Å²) >= 11 is 1.54. The van der Waals surface area contributed by atoms with Gasteiger partial charge in [0.2, 0.25) is 0 Å². The highest BCUT2D eigenvalue weighted by Crippen LogP contribution is 2.32. The Labute approximate surface area is 178 Å². The Morgan fingerprint density at radius 2 is 1.70 bits per heavy atom. The minimum absolute atomic E-state index is 0.204. The molecule has 156 valence electrons. The average molecular weight is 426 g/mol. The number of rotatable bonds is 5. The van der Waals surface area contributed by atoms with Crippen molar-refractivity contribution in [1.82, 2.24) is 5.32 Å². The van der Waals surface area contributed by atoms with E-state index < -0.39 is 0 Å². The van der Waals surface area contributed by atoms with Crippen LogP contribution in [0.15, 0.2) is 53.6 Å². The first-order chi connectivity index (χ1) is 14.6. The predicted octanol–water partition coefficient (Wildman–Crippen LogP) is 3.49. The van der Waals surface area contributed by atoms with E-state index in [1.54, 1.807) is 41.4 Å². The van der Waals surface area contributed by atoms with Gasteiger partial charge in [0.05, 0.1) is 12.6 Å². The van der Waals surface area contributed by atoms with E-state index in [-0.39, 0.29) is 17.9 Å². The molecule has 2 aliphatic heterocycles. The second-order valence-electron chi connectivity index (χ2n) is 6.83. The SMILES string of the molecule is C[C@@H](NC(=O)c1ccc(NC(=O)C2=CSCCO2)cc1)c1ccc2c(c1)OCCO2. The summed E-state index contributed by atoms with van der Waals surface area (Å²) in [5, 5.41) is 7.46. The monoisotopic (exact) mass is 426 g/mol. The molecule has 30 heavy (non-hydrogen) atoms. The van der Waals surface area contributed by atoms with Gasteiger partial charge >= 0.3 is 0 Å². The first kappa shape index (κ1) is 20.2. The van der Waals surface area contributed by atoms with Crippen LogP contribution in [0, 0.1) is 0 Å². The Morgan fingerprint density at radius 3 is 2.43 bits per heavy atom. The van der Waals surface area contributed by atoms with Gasteiger partial charge in [0.25, 0.3) is 11.8 Å². The molecule has 0 bridgehead atoms. The summed E-state index contributed by atoms with van der Waals surface area (Å²) in [5.41, 5.74) is 2.02. The fourth-order valence-electron chi connectivity index (χ4n) is 3.08. The van der Waals surface area contributed by atoms with Crippen molar-refractivity contribution in [1.29, 1.82) is 0 Å². The minimum Gasteiger partial charge on any atom is -0.487 e. The van der Waals surface area contributed by atoms with E-state index in [1.807, 2.05) is 25.1 Å². The fourth-order valence-corrected chi connectivity index (χ4v) is 3.70. The Balaban J connectivity index is 1.36. The topological polar surface area (TPSA) is 85.9 Å². The zero-order valence-electron chi connectivity index (χ0n) is 16.5. The van der Waals surface area contributed by atoms with Crippen molar-refractivity contribution in [2.75, 3.05) is 30.9 Å². The molecule has 0 aliphatic carbocycles. The van der Waals surface area contributed by atoms with Crippen molar-refractivity contribution >= 4 is 29.3 Å². The van der Waals surface area contributed by atoms with Crippen LogP contribution < -0.4 is 20.1 Å². The molecule has 0 unspecified atom stereocenters. The Morgan fingerprint density at radius 1 is 0.933 bits per heavy atom. The summed E-state index contributed by atoms with van der Waals surface area (Å²) in [7, 11) is 0. The van der Waals surface area contributed by atoms with Gasteiger partial charge < -0.3 is 24.8 Å². The quantitative estimate of drug-likeness (QED) is 0.761. The Hall–Kier alpha value is -3.13. The maximum Gasteiger partial charge on any atom is 0.291 e. The van der Waals surface area contributed by atoms with E-state index in [0.717, 1.165) is 11.3 Å². The van der Waals surface area contributed by atoms with Crippen LogP contribution in [0.5, 0.6) is 11.5 Å². The standard InChI is InChI=1S/C22H22N2O5S/c1-14(16-4-7-18-19(12-16)28-9-8-27-18)23-21(25)15-2-5-17(6-3-15)24-22(26)20-13-30-11-10-29-20/h2-7,12-14H,8-11H2,1H3,(H,23,25)(H,24,26)/t14-/m1/s1. The third kappa shape index (κ3) is 4.71. The molecule has 0 aromatic heterocycles. The molecule has 1 atom stereocenters. The average Bonchev–Trinajstić information content (AvgIpc) is 2.79. The van der Waals surface area contributed by atoms with Crippen molar-refractivity contribution in [3.05, 3.63) is 64.8 Å². The molecule has 0 radical (unpaired) electrons. The third-order valence-electron chi connectivity index (χ3n) is 4.69. The summed E-state index contributed by atoms with van der Waals surface area (Å²) in [5.74, 6) is 2.05. The maximum absolute atomic E-state index is 12.6. The number of nitrogens with one attached hydrogen (secondary N) is 2. The van der Waals surface area contributed by atoms with Gasteiger partial charge in [-0.2, -0.15) is 0 Å². The van der Waals surface area contributed by atoms with E-state index in [4.69, 9.17) is 14.2 Å². The van der Waals surface area contributed by atoms with Crippen molar-refractivity contribution in [2.45, 2.75) is 13.0 Å². The highest BCUT2D eigenvalue weighted by Gasteiger charge is 2.17. The van der Waals surface area contributed by atoms with E-state index in [0.29, 0.717) is 48.3 Å². The van der Waals surface area contributed by atoms with Crippen LogP contribution >= 0.6 is 11.8 Å². The van der Waals surface area contributed by atoms with Crippen molar-refractivity contribution in [3.63, 3.8) is 0 Å². The highest BCUT2D eigenvalue weighted by molar-refractivity contribution is 8.02. The van der Waals surface area contributed by atoms with Crippen LogP contribution in [0.25, 0.3) is 0 Å².